The lowest BCUT2D eigenvalue weighted by atomic mass is 11.2. The predicted octanol–water partition coefficient (Wildman–Crippen LogP) is 0.711. The smallest absolute Gasteiger partial charge is 0.254 e. The third-order valence-corrected chi connectivity index (χ3v) is 3.84. The summed E-state index contributed by atoms with van der Waals surface area (Å²) in [6, 6.07) is 0. The zero-order valence-electron chi connectivity index (χ0n) is 8.61. The fraction of sp³-hybridized carbons (Fsp3) is 1.00. The lowest BCUT2D eigenvalue weighted by Gasteiger charge is -2.30. The molecule has 0 saturated carbocycles. The first-order valence-corrected chi connectivity index (χ1v) is 5.16. The zero-order valence-corrected chi connectivity index (χ0v) is 9.50. The molecule has 0 amide bonds. The highest BCUT2D eigenvalue weighted by molar-refractivity contribution is 7.53. The van der Waals surface area contributed by atoms with E-state index in [4.69, 9.17) is 4.62 Å². The van der Waals surface area contributed by atoms with Gasteiger partial charge in [0.1, 0.15) is 0 Å². The summed E-state index contributed by atoms with van der Waals surface area (Å²) in [6.07, 6.45) is 0. The van der Waals surface area contributed by atoms with Crippen molar-refractivity contribution in [1.29, 1.82) is 0 Å². The number of hydroxylamine groups is 2. The third-order valence-electron chi connectivity index (χ3n) is 1.28. The highest BCUT2D eigenvalue weighted by Crippen LogP contribution is 2.50. The second-order valence-electron chi connectivity index (χ2n) is 3.08. The SMILES string of the molecule is CN(C)OP(=O)(N(C)C)N(C)C. The van der Waals surface area contributed by atoms with Gasteiger partial charge in [-0.25, -0.2) is 14.0 Å². The van der Waals surface area contributed by atoms with E-state index >= 15 is 0 Å². The van der Waals surface area contributed by atoms with E-state index < -0.39 is 7.67 Å². The van der Waals surface area contributed by atoms with Crippen LogP contribution in [0.3, 0.4) is 0 Å². The Bertz CT molecular complexity index is 170. The van der Waals surface area contributed by atoms with E-state index in [0.29, 0.717) is 0 Å². The van der Waals surface area contributed by atoms with Crippen molar-refractivity contribution in [2.24, 2.45) is 0 Å². The molecule has 0 aromatic carbocycles. The van der Waals surface area contributed by atoms with Gasteiger partial charge in [0.25, 0.3) is 0 Å². The molecule has 5 nitrogen and oxygen atoms in total. The van der Waals surface area contributed by atoms with Gasteiger partial charge in [0.05, 0.1) is 0 Å². The van der Waals surface area contributed by atoms with Crippen molar-refractivity contribution >= 4 is 7.67 Å². The highest BCUT2D eigenvalue weighted by Gasteiger charge is 2.30. The first-order chi connectivity index (χ1) is 5.30. The Morgan fingerprint density at radius 1 is 0.917 bits per heavy atom. The maximum absolute atomic E-state index is 12.0. The van der Waals surface area contributed by atoms with E-state index in [-0.39, 0.29) is 0 Å². The first-order valence-electron chi connectivity index (χ1n) is 3.63. The van der Waals surface area contributed by atoms with E-state index in [1.807, 2.05) is 0 Å². The van der Waals surface area contributed by atoms with Crippen LogP contribution in [-0.4, -0.2) is 56.7 Å². The molecular formula is C6H18N3O2P. The van der Waals surface area contributed by atoms with Gasteiger partial charge >= 0.3 is 7.67 Å². The van der Waals surface area contributed by atoms with Crippen molar-refractivity contribution in [3.63, 3.8) is 0 Å². The summed E-state index contributed by atoms with van der Waals surface area (Å²) in [5.41, 5.74) is 0. The zero-order chi connectivity index (χ0) is 9.94. The van der Waals surface area contributed by atoms with Crippen molar-refractivity contribution < 1.29 is 9.19 Å². The van der Waals surface area contributed by atoms with Crippen molar-refractivity contribution in [2.45, 2.75) is 0 Å². The van der Waals surface area contributed by atoms with Crippen LogP contribution in [0.25, 0.3) is 0 Å². The van der Waals surface area contributed by atoms with Crippen LogP contribution in [-0.2, 0) is 9.19 Å². The van der Waals surface area contributed by atoms with Gasteiger partial charge in [-0.2, -0.15) is 5.06 Å². The Balaban J connectivity index is 4.53. The Morgan fingerprint density at radius 2 is 1.25 bits per heavy atom. The predicted molar refractivity (Wildman–Crippen MR) is 49.8 cm³/mol. The van der Waals surface area contributed by atoms with Gasteiger partial charge in [0.15, 0.2) is 0 Å². The van der Waals surface area contributed by atoms with Gasteiger partial charge in [0, 0.05) is 14.1 Å². The largest absolute Gasteiger partial charge is 0.361 e. The molecule has 0 aromatic rings. The lowest BCUT2D eigenvalue weighted by Crippen LogP contribution is -2.27. The van der Waals surface area contributed by atoms with Gasteiger partial charge in [-0.1, -0.05) is 0 Å². The second kappa shape index (κ2) is 4.35. The molecule has 0 bridgehead atoms. The van der Waals surface area contributed by atoms with Gasteiger partial charge < -0.3 is 0 Å². The van der Waals surface area contributed by atoms with Crippen molar-refractivity contribution in [3.05, 3.63) is 0 Å². The summed E-state index contributed by atoms with van der Waals surface area (Å²) in [5.74, 6) is 0. The molecule has 0 spiro atoms. The van der Waals surface area contributed by atoms with Crippen LogP contribution >= 0.6 is 7.67 Å². The van der Waals surface area contributed by atoms with E-state index in [9.17, 15) is 4.57 Å². The van der Waals surface area contributed by atoms with E-state index in [1.54, 1.807) is 51.6 Å². The van der Waals surface area contributed by atoms with Crippen LogP contribution in [0.5, 0.6) is 0 Å². The minimum atomic E-state index is -2.83. The quantitative estimate of drug-likeness (QED) is 0.487. The van der Waals surface area contributed by atoms with E-state index in [0.717, 1.165) is 0 Å². The van der Waals surface area contributed by atoms with Gasteiger partial charge in [-0.3, -0.25) is 4.57 Å². The molecule has 12 heavy (non-hydrogen) atoms. The molecule has 6 heteroatoms. The van der Waals surface area contributed by atoms with Crippen LogP contribution in [0.1, 0.15) is 0 Å². The van der Waals surface area contributed by atoms with Crippen LogP contribution in [0.4, 0.5) is 0 Å². The molecule has 0 aliphatic heterocycles. The molecule has 0 aliphatic carbocycles. The van der Waals surface area contributed by atoms with Crippen molar-refractivity contribution in [3.8, 4) is 0 Å². The number of hydrogen-bond acceptors (Lipinski definition) is 3. The maximum atomic E-state index is 12.0. The molecule has 0 unspecified atom stereocenters. The molecule has 0 radical (unpaired) electrons. The molecule has 0 N–H and O–H groups in total. The number of hydrogen-bond donors (Lipinski definition) is 0. The Labute approximate surface area is 74.4 Å². The maximum Gasteiger partial charge on any atom is 0.361 e. The standard InChI is InChI=1S/C6H18N3O2P/c1-7(2)11-12(10,8(3)4)9(5)6/h1-6H3. The van der Waals surface area contributed by atoms with Gasteiger partial charge in [0.2, 0.25) is 0 Å². The molecule has 0 atom stereocenters. The summed E-state index contributed by atoms with van der Waals surface area (Å²) in [5, 5.41) is 1.45. The van der Waals surface area contributed by atoms with Crippen LogP contribution in [0, 0.1) is 0 Å². The first kappa shape index (κ1) is 12.1. The van der Waals surface area contributed by atoms with Gasteiger partial charge in [-0.15, -0.1) is 0 Å². The van der Waals surface area contributed by atoms with E-state index in [2.05, 4.69) is 0 Å². The summed E-state index contributed by atoms with van der Waals surface area (Å²) in [4.78, 5) is 0. The van der Waals surface area contributed by atoms with Crippen LogP contribution < -0.4 is 0 Å². The van der Waals surface area contributed by atoms with E-state index in [1.165, 1.54) is 5.06 Å². The normalized spacial score (nSPS) is 13.4. The summed E-state index contributed by atoms with van der Waals surface area (Å²) in [7, 11) is 7.50. The monoisotopic (exact) mass is 195 g/mol. The third kappa shape index (κ3) is 2.84. The van der Waals surface area contributed by atoms with Gasteiger partial charge in [-0.05, 0) is 28.2 Å². The molecule has 74 valence electrons. The van der Waals surface area contributed by atoms with Crippen molar-refractivity contribution in [2.75, 3.05) is 42.3 Å². The molecule has 0 aliphatic rings. The fourth-order valence-electron chi connectivity index (χ4n) is 0.717. The highest BCUT2D eigenvalue weighted by atomic mass is 31.2. The minimum Gasteiger partial charge on any atom is -0.254 e. The average Bonchev–Trinajstić information content (AvgIpc) is 1.84. The molecular weight excluding hydrogens is 177 g/mol. The topological polar surface area (TPSA) is 36.0 Å². The second-order valence-corrected chi connectivity index (χ2v) is 5.82. The fourth-order valence-corrected chi connectivity index (χ4v) is 2.15. The summed E-state index contributed by atoms with van der Waals surface area (Å²) >= 11 is 0. The Morgan fingerprint density at radius 3 is 1.33 bits per heavy atom. The Hall–Kier alpha value is 0.0700. The minimum absolute atomic E-state index is 1.45. The molecule has 0 aromatic heterocycles. The average molecular weight is 195 g/mol. The molecule has 0 rings (SSSR count). The van der Waals surface area contributed by atoms with Crippen molar-refractivity contribution in [1.82, 2.24) is 14.4 Å². The van der Waals surface area contributed by atoms with Crippen LogP contribution in [0.2, 0.25) is 0 Å². The van der Waals surface area contributed by atoms with Crippen LogP contribution in [0.15, 0.2) is 0 Å². The molecule has 0 heterocycles. The summed E-state index contributed by atoms with van der Waals surface area (Å²) in [6.45, 7) is 0. The number of nitrogens with zero attached hydrogens (tertiary/aromatic N) is 3. The summed E-state index contributed by atoms with van der Waals surface area (Å²) < 4.78 is 20.4. The lowest BCUT2D eigenvalue weighted by molar-refractivity contribution is -0.0178. The number of rotatable bonds is 4. The molecule has 0 fully saturated rings. The molecule has 0 saturated heterocycles. The Kier molecular flexibility index (Phi) is 4.37.